The monoisotopic (exact) mass is 506 g/mol. The van der Waals surface area contributed by atoms with E-state index in [-0.39, 0.29) is 15.7 Å². The third kappa shape index (κ3) is 5.32. The van der Waals surface area contributed by atoms with Crippen molar-refractivity contribution in [2.75, 3.05) is 38.7 Å². The molecular formula is C25H29Cl2FN4O2. The van der Waals surface area contributed by atoms with Gasteiger partial charge >= 0.3 is 0 Å². The van der Waals surface area contributed by atoms with Crippen LogP contribution >= 0.6 is 23.2 Å². The Morgan fingerprint density at radius 1 is 1.18 bits per heavy atom. The van der Waals surface area contributed by atoms with E-state index in [1.807, 2.05) is 6.07 Å². The fourth-order valence-electron chi connectivity index (χ4n) is 4.49. The Morgan fingerprint density at radius 3 is 2.74 bits per heavy atom. The second-order valence-corrected chi connectivity index (χ2v) is 9.46. The minimum absolute atomic E-state index is 0.144. The number of likely N-dealkylation sites (tertiary alicyclic amines) is 1. The largest absolute Gasteiger partial charge is 0.493 e. The molecule has 0 unspecified atom stereocenters. The van der Waals surface area contributed by atoms with Gasteiger partial charge in [0.25, 0.3) is 0 Å². The molecule has 2 aromatic carbocycles. The summed E-state index contributed by atoms with van der Waals surface area (Å²) in [5, 5.41) is 3.64. The van der Waals surface area contributed by atoms with Gasteiger partial charge in [0, 0.05) is 24.5 Å². The minimum atomic E-state index is -0.647. The number of benzene rings is 2. The molecule has 1 N–H and O–H groups in total. The molecule has 0 radical (unpaired) electrons. The molecule has 1 saturated heterocycles. The van der Waals surface area contributed by atoms with Crippen molar-refractivity contribution in [2.24, 2.45) is 11.8 Å². The second-order valence-electron chi connectivity index (χ2n) is 8.67. The van der Waals surface area contributed by atoms with Gasteiger partial charge in [0.1, 0.15) is 12.1 Å². The van der Waals surface area contributed by atoms with Gasteiger partial charge in [-0.1, -0.05) is 37.0 Å². The van der Waals surface area contributed by atoms with Crippen LogP contribution < -0.4 is 14.8 Å². The third-order valence-corrected chi connectivity index (χ3v) is 7.26. The molecule has 2 heterocycles. The van der Waals surface area contributed by atoms with Crippen LogP contribution in [0.3, 0.4) is 0 Å². The predicted molar refractivity (Wildman–Crippen MR) is 135 cm³/mol. The molecule has 0 amide bonds. The van der Waals surface area contributed by atoms with E-state index in [1.54, 1.807) is 13.2 Å². The normalized spacial score (nSPS) is 18.4. The minimum Gasteiger partial charge on any atom is -0.493 e. The summed E-state index contributed by atoms with van der Waals surface area (Å²) < 4.78 is 26.2. The first-order valence-electron chi connectivity index (χ1n) is 11.5. The zero-order valence-electron chi connectivity index (χ0n) is 19.6. The number of nitrogens with zero attached hydrogens (tertiary/aromatic N) is 3. The van der Waals surface area contributed by atoms with Crippen LogP contribution in [0.2, 0.25) is 10.0 Å². The standard InChI is InChI=1S/C25H29Cl2FN4O2/c1-4-32-12-15(2)16(13-32)6-5-9-34-22-11-20-17(10-21(22)33-3)25(30-14-29-20)31-19-8-7-18(26)23(27)24(19)28/h7-8,10-11,14-16H,4-6,9,12-13H2,1-3H3,(H,29,30,31)/t15-,16+/m1/s1. The van der Waals surface area contributed by atoms with Crippen molar-refractivity contribution in [1.29, 1.82) is 0 Å². The van der Waals surface area contributed by atoms with Crippen LogP contribution in [-0.4, -0.2) is 48.2 Å². The highest BCUT2D eigenvalue weighted by Gasteiger charge is 2.27. The summed E-state index contributed by atoms with van der Waals surface area (Å²) in [5.74, 6) is 2.39. The summed E-state index contributed by atoms with van der Waals surface area (Å²) in [6.07, 6.45) is 3.53. The Morgan fingerprint density at radius 2 is 2.00 bits per heavy atom. The van der Waals surface area contributed by atoms with E-state index in [4.69, 9.17) is 32.7 Å². The quantitative estimate of drug-likeness (QED) is 0.261. The van der Waals surface area contributed by atoms with Gasteiger partial charge in [-0.05, 0) is 49.4 Å². The summed E-state index contributed by atoms with van der Waals surface area (Å²) in [5.41, 5.74) is 0.813. The number of methoxy groups -OCH3 is 1. The molecular weight excluding hydrogens is 478 g/mol. The highest BCUT2D eigenvalue weighted by atomic mass is 35.5. The fourth-order valence-corrected chi connectivity index (χ4v) is 4.80. The maximum atomic E-state index is 14.5. The van der Waals surface area contributed by atoms with E-state index in [9.17, 15) is 4.39 Å². The van der Waals surface area contributed by atoms with E-state index >= 15 is 0 Å². The van der Waals surface area contributed by atoms with Crippen LogP contribution in [-0.2, 0) is 0 Å². The molecule has 0 saturated carbocycles. The molecule has 182 valence electrons. The van der Waals surface area contributed by atoms with Gasteiger partial charge in [-0.15, -0.1) is 0 Å². The summed E-state index contributed by atoms with van der Waals surface area (Å²) in [7, 11) is 1.59. The lowest BCUT2D eigenvalue weighted by atomic mass is 9.93. The number of hydrogen-bond acceptors (Lipinski definition) is 6. The van der Waals surface area contributed by atoms with Gasteiger partial charge in [0.15, 0.2) is 17.3 Å². The van der Waals surface area contributed by atoms with Crippen LogP contribution in [0.15, 0.2) is 30.6 Å². The van der Waals surface area contributed by atoms with E-state index in [2.05, 4.69) is 34.0 Å². The van der Waals surface area contributed by atoms with Gasteiger partial charge in [-0.3, -0.25) is 0 Å². The topological polar surface area (TPSA) is 59.5 Å². The van der Waals surface area contributed by atoms with Crippen LogP contribution in [0.4, 0.5) is 15.9 Å². The third-order valence-electron chi connectivity index (χ3n) is 6.48. The number of ether oxygens (including phenoxy) is 2. The first-order chi connectivity index (χ1) is 16.4. The van der Waals surface area contributed by atoms with Gasteiger partial charge in [0.05, 0.1) is 35.0 Å². The molecule has 0 bridgehead atoms. The SMILES string of the molecule is CCN1C[C@H](CCCOc2cc3ncnc(Nc4ccc(Cl)c(Cl)c4F)c3cc2OC)[C@H](C)C1. The number of fused-ring (bicyclic) bond motifs is 1. The first-order valence-corrected chi connectivity index (χ1v) is 12.2. The maximum Gasteiger partial charge on any atom is 0.166 e. The summed E-state index contributed by atoms with van der Waals surface area (Å²) in [6, 6.07) is 6.65. The van der Waals surface area contributed by atoms with Crippen LogP contribution in [0.1, 0.15) is 26.7 Å². The van der Waals surface area contributed by atoms with Gasteiger partial charge in [0.2, 0.25) is 0 Å². The number of nitrogens with one attached hydrogen (secondary N) is 1. The van der Waals surface area contributed by atoms with Gasteiger partial charge in [-0.2, -0.15) is 0 Å². The van der Waals surface area contributed by atoms with Crippen LogP contribution in [0, 0.1) is 17.7 Å². The number of anilines is 2. The number of hydrogen-bond donors (Lipinski definition) is 1. The van der Waals surface area contributed by atoms with Gasteiger partial charge in [-0.25, -0.2) is 14.4 Å². The Kier molecular flexibility index (Phi) is 7.96. The van der Waals surface area contributed by atoms with Crippen LogP contribution in [0.5, 0.6) is 11.5 Å². The number of halogens is 3. The zero-order chi connectivity index (χ0) is 24.2. The zero-order valence-corrected chi connectivity index (χ0v) is 21.1. The Balaban J connectivity index is 1.48. The van der Waals surface area contributed by atoms with Crippen molar-refractivity contribution < 1.29 is 13.9 Å². The Hall–Kier alpha value is -2.35. The molecule has 1 aromatic heterocycles. The highest BCUT2D eigenvalue weighted by Crippen LogP contribution is 2.37. The predicted octanol–water partition coefficient (Wildman–Crippen LogP) is 6.57. The summed E-state index contributed by atoms with van der Waals surface area (Å²) in [4.78, 5) is 11.1. The molecule has 1 aliphatic heterocycles. The van der Waals surface area contributed by atoms with Crippen LogP contribution in [0.25, 0.3) is 10.9 Å². The van der Waals surface area contributed by atoms with E-state index in [1.165, 1.54) is 31.5 Å². The molecule has 0 aliphatic carbocycles. The van der Waals surface area contributed by atoms with Gasteiger partial charge < -0.3 is 19.7 Å². The van der Waals surface area contributed by atoms with Crippen molar-refractivity contribution in [3.63, 3.8) is 0 Å². The van der Waals surface area contributed by atoms with Crippen molar-refractivity contribution in [3.05, 3.63) is 46.5 Å². The molecule has 1 aliphatic rings. The lowest BCUT2D eigenvalue weighted by Crippen LogP contribution is -2.20. The number of rotatable bonds is 9. The molecule has 2 atom stereocenters. The lowest BCUT2D eigenvalue weighted by Gasteiger charge is -2.16. The summed E-state index contributed by atoms with van der Waals surface area (Å²) >= 11 is 11.8. The average molecular weight is 507 g/mol. The Labute approximate surface area is 209 Å². The Bertz CT molecular complexity index is 1160. The molecule has 3 aromatic rings. The smallest absolute Gasteiger partial charge is 0.166 e. The first kappa shape index (κ1) is 24.8. The molecule has 4 rings (SSSR count). The van der Waals surface area contributed by atoms with Crippen molar-refractivity contribution in [2.45, 2.75) is 26.7 Å². The molecule has 9 heteroatoms. The molecule has 34 heavy (non-hydrogen) atoms. The fraction of sp³-hybridized carbons (Fsp3) is 0.440. The molecule has 0 spiro atoms. The second kappa shape index (κ2) is 10.9. The lowest BCUT2D eigenvalue weighted by molar-refractivity contribution is 0.268. The molecule has 6 nitrogen and oxygen atoms in total. The maximum absolute atomic E-state index is 14.5. The van der Waals surface area contributed by atoms with Crippen molar-refractivity contribution in [3.8, 4) is 11.5 Å². The van der Waals surface area contributed by atoms with Crippen molar-refractivity contribution in [1.82, 2.24) is 14.9 Å². The number of aromatic nitrogens is 2. The molecule has 1 fully saturated rings. The summed E-state index contributed by atoms with van der Waals surface area (Å²) in [6.45, 7) is 8.62. The van der Waals surface area contributed by atoms with E-state index in [0.717, 1.165) is 25.3 Å². The average Bonchev–Trinajstić information content (AvgIpc) is 3.21. The van der Waals surface area contributed by atoms with Crippen molar-refractivity contribution >= 4 is 45.6 Å². The van der Waals surface area contributed by atoms with E-state index in [0.29, 0.717) is 40.7 Å². The van der Waals surface area contributed by atoms with E-state index < -0.39 is 5.82 Å². The highest BCUT2D eigenvalue weighted by molar-refractivity contribution is 6.42.